The summed E-state index contributed by atoms with van der Waals surface area (Å²) in [5.74, 6) is -0.211. The minimum absolute atomic E-state index is 0.211. The molecule has 0 bridgehead atoms. The number of benzene rings is 1. The number of aromatic nitrogens is 1. The molecular weight excluding hydrogens is 307 g/mol. The topological polar surface area (TPSA) is 17.0 Å². The molecule has 1 N–H and O–H groups in total. The van der Waals surface area contributed by atoms with E-state index in [0.29, 0.717) is 0 Å². The van der Waals surface area contributed by atoms with Crippen LogP contribution in [0.4, 0.5) is 4.39 Å². The lowest BCUT2D eigenvalue weighted by Crippen LogP contribution is -2.14. The molecule has 1 aliphatic rings. The average molecular weight is 323 g/mol. The maximum Gasteiger partial charge on any atom is 0.124 e. The summed E-state index contributed by atoms with van der Waals surface area (Å²) >= 11 is 3.40. The molecule has 4 heteroatoms. The summed E-state index contributed by atoms with van der Waals surface area (Å²) in [6.45, 7) is 1.69. The molecule has 0 atom stereocenters. The summed E-state index contributed by atoms with van der Waals surface area (Å²) in [4.78, 5) is 0. The highest BCUT2D eigenvalue weighted by molar-refractivity contribution is 9.10. The van der Waals surface area contributed by atoms with E-state index in [0.717, 1.165) is 29.2 Å². The Hall–Kier alpha value is -1.13. The van der Waals surface area contributed by atoms with Gasteiger partial charge in [-0.05, 0) is 42.2 Å². The number of hydrogen-bond acceptors (Lipinski definition) is 1. The van der Waals surface area contributed by atoms with E-state index in [1.807, 2.05) is 6.07 Å². The van der Waals surface area contributed by atoms with Crippen molar-refractivity contribution >= 4 is 15.9 Å². The zero-order valence-electron chi connectivity index (χ0n) is 10.6. The van der Waals surface area contributed by atoms with E-state index in [2.05, 4.69) is 44.3 Å². The van der Waals surface area contributed by atoms with E-state index >= 15 is 0 Å². The lowest BCUT2D eigenvalue weighted by atomic mass is 10.2. The van der Waals surface area contributed by atoms with Gasteiger partial charge in [0.15, 0.2) is 0 Å². The normalized spacial score (nSPS) is 14.8. The van der Waals surface area contributed by atoms with E-state index in [1.54, 1.807) is 0 Å². The predicted octanol–water partition coefficient (Wildman–Crippen LogP) is 3.69. The summed E-state index contributed by atoms with van der Waals surface area (Å²) in [6, 6.07) is 7.69. The quantitative estimate of drug-likeness (QED) is 0.888. The van der Waals surface area contributed by atoms with Crippen molar-refractivity contribution in [3.05, 3.63) is 58.1 Å². The van der Waals surface area contributed by atoms with E-state index in [1.165, 1.54) is 30.5 Å². The molecule has 1 heterocycles. The first kappa shape index (κ1) is 12.9. The Morgan fingerprint density at radius 3 is 2.89 bits per heavy atom. The maximum absolute atomic E-state index is 13.0. The Labute approximate surface area is 120 Å². The molecule has 1 saturated carbocycles. The predicted molar refractivity (Wildman–Crippen MR) is 77.5 cm³/mol. The van der Waals surface area contributed by atoms with Crippen molar-refractivity contribution in [2.45, 2.75) is 32.0 Å². The highest BCUT2D eigenvalue weighted by atomic mass is 79.9. The molecule has 1 aliphatic carbocycles. The molecule has 3 rings (SSSR count). The minimum Gasteiger partial charge on any atom is -0.350 e. The molecule has 0 aliphatic heterocycles. The smallest absolute Gasteiger partial charge is 0.124 e. The van der Waals surface area contributed by atoms with Gasteiger partial charge in [0, 0.05) is 36.0 Å². The van der Waals surface area contributed by atoms with E-state index in [-0.39, 0.29) is 5.82 Å². The van der Waals surface area contributed by atoms with Crippen LogP contribution in [-0.2, 0) is 13.1 Å². The van der Waals surface area contributed by atoms with Gasteiger partial charge in [0.1, 0.15) is 5.82 Å². The first-order valence-corrected chi connectivity index (χ1v) is 7.32. The van der Waals surface area contributed by atoms with Crippen LogP contribution in [0.1, 0.15) is 24.0 Å². The van der Waals surface area contributed by atoms with Crippen molar-refractivity contribution in [2.24, 2.45) is 0 Å². The zero-order chi connectivity index (χ0) is 13.2. The van der Waals surface area contributed by atoms with Gasteiger partial charge >= 0.3 is 0 Å². The summed E-state index contributed by atoms with van der Waals surface area (Å²) in [5.41, 5.74) is 2.38. The molecule has 2 nitrogen and oxygen atoms in total. The minimum atomic E-state index is -0.211. The van der Waals surface area contributed by atoms with Gasteiger partial charge < -0.3 is 9.88 Å². The molecule has 1 aromatic heterocycles. The van der Waals surface area contributed by atoms with Crippen LogP contribution in [0.3, 0.4) is 0 Å². The average Bonchev–Trinajstić information content (AvgIpc) is 3.10. The van der Waals surface area contributed by atoms with Crippen LogP contribution >= 0.6 is 15.9 Å². The Morgan fingerprint density at radius 1 is 1.32 bits per heavy atom. The standard InChI is InChI=1S/C15H16BrFN2/c16-15-7-13(17)2-1-12(15)10-19-6-5-11(9-19)8-18-14-3-4-14/h1-2,5-7,9,14,18H,3-4,8,10H2. The van der Waals surface area contributed by atoms with Crippen LogP contribution in [0.15, 0.2) is 41.1 Å². The van der Waals surface area contributed by atoms with Gasteiger partial charge in [-0.1, -0.05) is 22.0 Å². The molecule has 1 fully saturated rings. The fourth-order valence-corrected chi connectivity index (χ4v) is 2.57. The van der Waals surface area contributed by atoms with Crippen LogP contribution in [0.2, 0.25) is 0 Å². The van der Waals surface area contributed by atoms with Gasteiger partial charge in [0.2, 0.25) is 0 Å². The van der Waals surface area contributed by atoms with Crippen molar-refractivity contribution in [1.29, 1.82) is 0 Å². The fraction of sp³-hybridized carbons (Fsp3) is 0.333. The van der Waals surface area contributed by atoms with Gasteiger partial charge in [-0.3, -0.25) is 0 Å². The van der Waals surface area contributed by atoms with Gasteiger partial charge in [0.05, 0.1) is 0 Å². The van der Waals surface area contributed by atoms with Crippen LogP contribution in [-0.4, -0.2) is 10.6 Å². The summed E-state index contributed by atoms with van der Waals surface area (Å²) in [5, 5.41) is 3.50. The second-order valence-electron chi connectivity index (χ2n) is 5.08. The lowest BCUT2D eigenvalue weighted by Gasteiger charge is -2.06. The lowest BCUT2D eigenvalue weighted by molar-refractivity contribution is 0.625. The van der Waals surface area contributed by atoms with Gasteiger partial charge in [-0.2, -0.15) is 0 Å². The molecule has 2 aromatic rings. The molecule has 1 aromatic carbocycles. The number of nitrogens with zero attached hydrogens (tertiary/aromatic N) is 1. The van der Waals surface area contributed by atoms with Crippen LogP contribution in [0, 0.1) is 5.82 Å². The number of hydrogen-bond donors (Lipinski definition) is 1. The fourth-order valence-electron chi connectivity index (χ4n) is 2.09. The Balaban J connectivity index is 1.65. The number of nitrogens with one attached hydrogen (secondary N) is 1. The second kappa shape index (κ2) is 5.47. The third kappa shape index (κ3) is 3.45. The van der Waals surface area contributed by atoms with Crippen LogP contribution in [0.5, 0.6) is 0 Å². The van der Waals surface area contributed by atoms with Crippen molar-refractivity contribution in [1.82, 2.24) is 9.88 Å². The number of halogens is 2. The van der Waals surface area contributed by atoms with Crippen molar-refractivity contribution in [2.75, 3.05) is 0 Å². The molecule has 0 spiro atoms. The molecule has 0 amide bonds. The van der Waals surface area contributed by atoms with Gasteiger partial charge in [-0.25, -0.2) is 4.39 Å². The van der Waals surface area contributed by atoms with Crippen LogP contribution in [0.25, 0.3) is 0 Å². The first-order chi connectivity index (χ1) is 9.20. The number of rotatable bonds is 5. The highest BCUT2D eigenvalue weighted by Crippen LogP contribution is 2.21. The SMILES string of the molecule is Fc1ccc(Cn2ccc(CNC3CC3)c2)c(Br)c1. The summed E-state index contributed by atoms with van der Waals surface area (Å²) < 4.78 is 16.0. The van der Waals surface area contributed by atoms with Crippen molar-refractivity contribution in [3.8, 4) is 0 Å². The van der Waals surface area contributed by atoms with Gasteiger partial charge in [0.25, 0.3) is 0 Å². The van der Waals surface area contributed by atoms with Gasteiger partial charge in [-0.15, -0.1) is 0 Å². The molecular formula is C15H16BrFN2. The van der Waals surface area contributed by atoms with E-state index in [9.17, 15) is 4.39 Å². The van der Waals surface area contributed by atoms with E-state index < -0.39 is 0 Å². The maximum atomic E-state index is 13.0. The second-order valence-corrected chi connectivity index (χ2v) is 5.94. The van der Waals surface area contributed by atoms with Crippen molar-refractivity contribution in [3.63, 3.8) is 0 Å². The largest absolute Gasteiger partial charge is 0.350 e. The molecule has 0 saturated heterocycles. The molecule has 0 radical (unpaired) electrons. The summed E-state index contributed by atoms with van der Waals surface area (Å²) in [6.07, 6.45) is 6.83. The Morgan fingerprint density at radius 2 is 2.16 bits per heavy atom. The monoisotopic (exact) mass is 322 g/mol. The molecule has 19 heavy (non-hydrogen) atoms. The zero-order valence-corrected chi connectivity index (χ0v) is 12.2. The first-order valence-electron chi connectivity index (χ1n) is 6.53. The molecule has 100 valence electrons. The van der Waals surface area contributed by atoms with E-state index in [4.69, 9.17) is 0 Å². The third-order valence-corrected chi connectivity index (χ3v) is 4.09. The highest BCUT2D eigenvalue weighted by Gasteiger charge is 2.19. The molecule has 0 unspecified atom stereocenters. The Bertz CT molecular complexity index is 575. The summed E-state index contributed by atoms with van der Waals surface area (Å²) in [7, 11) is 0. The Kier molecular flexibility index (Phi) is 3.71. The third-order valence-electron chi connectivity index (χ3n) is 3.35. The van der Waals surface area contributed by atoms with Crippen molar-refractivity contribution < 1.29 is 4.39 Å². The van der Waals surface area contributed by atoms with Crippen LogP contribution < -0.4 is 5.32 Å².